The van der Waals surface area contributed by atoms with E-state index in [1.165, 1.54) is 22.3 Å². The maximum absolute atomic E-state index is 3.79. The second-order valence-electron chi connectivity index (χ2n) is 4.40. The van der Waals surface area contributed by atoms with Gasteiger partial charge in [-0.05, 0) is 29.5 Å². The van der Waals surface area contributed by atoms with Crippen molar-refractivity contribution in [2.45, 2.75) is 26.7 Å². The minimum Gasteiger partial charge on any atom is -0.245 e. The van der Waals surface area contributed by atoms with E-state index in [1.54, 1.807) is 0 Å². The van der Waals surface area contributed by atoms with Crippen molar-refractivity contribution in [1.82, 2.24) is 0 Å². The van der Waals surface area contributed by atoms with Gasteiger partial charge in [-0.25, -0.2) is 18.6 Å². The van der Waals surface area contributed by atoms with Crippen LogP contribution in [0.15, 0.2) is 54.1 Å². The summed E-state index contributed by atoms with van der Waals surface area (Å²) in [6, 6.07) is 8.55. The largest absolute Gasteiger partial charge is 1.00 e. The zero-order valence-electron chi connectivity index (χ0n) is 11.9. The zero-order valence-corrected chi connectivity index (χ0v) is 15.0. The van der Waals surface area contributed by atoms with Gasteiger partial charge in [-0.2, -0.15) is 0 Å². The molecule has 0 radical (unpaired) electrons. The molecule has 1 aliphatic carbocycles. The Morgan fingerprint density at radius 1 is 1.22 bits per heavy atom. The molecule has 18 heavy (non-hydrogen) atoms. The molecule has 0 spiro atoms. The Morgan fingerprint density at radius 2 is 1.83 bits per heavy atom. The monoisotopic (exact) mass is 264 g/mol. The molecule has 2 rings (SSSR count). The number of aryl methyl sites for hydroxylation is 1. The molecule has 0 N–H and O–H groups in total. The molecule has 0 heterocycles. The topological polar surface area (TPSA) is 0 Å². The Morgan fingerprint density at radius 3 is 2.39 bits per heavy atom. The molecule has 1 aliphatic rings. The maximum Gasteiger partial charge on any atom is 1.00 e. The predicted octanol–water partition coefficient (Wildman–Crippen LogP) is 1.99. The standard InChI is InChI=1S/C12H12.C5H9.K/c1-2-10-7-8-11-5-3-4-6-12(11)9-10;1-4-5(2)3;/h2-6,9H,1,7-8H2;4H,1H2,2-3H3;/q;-1;+1. The fraction of sp³-hybridized carbons (Fsp3) is 0.235. The predicted molar refractivity (Wildman–Crippen MR) is 77.7 cm³/mol. The number of hydrogen-bond acceptors (Lipinski definition) is 0. The molecule has 0 saturated carbocycles. The summed E-state index contributed by atoms with van der Waals surface area (Å²) in [5.74, 6) is 0. The summed E-state index contributed by atoms with van der Waals surface area (Å²) in [4.78, 5) is 0. The second-order valence-corrected chi connectivity index (χ2v) is 4.40. The zero-order chi connectivity index (χ0) is 12.7. The Hall–Kier alpha value is -0.0536. The molecule has 0 aliphatic heterocycles. The van der Waals surface area contributed by atoms with E-state index in [0.29, 0.717) is 0 Å². The molecule has 0 aromatic heterocycles. The average Bonchev–Trinajstić information content (AvgIpc) is 2.38. The molecular formula is C17H21K. The van der Waals surface area contributed by atoms with Gasteiger partial charge in [0.25, 0.3) is 0 Å². The van der Waals surface area contributed by atoms with Gasteiger partial charge in [0.2, 0.25) is 0 Å². The van der Waals surface area contributed by atoms with E-state index in [9.17, 15) is 0 Å². The summed E-state index contributed by atoms with van der Waals surface area (Å²) in [5, 5.41) is 0. The van der Waals surface area contributed by atoms with Crippen molar-refractivity contribution in [3.05, 3.63) is 72.2 Å². The van der Waals surface area contributed by atoms with Crippen LogP contribution in [0.5, 0.6) is 0 Å². The van der Waals surface area contributed by atoms with Gasteiger partial charge in [-0.15, -0.1) is 13.8 Å². The van der Waals surface area contributed by atoms with Crippen molar-refractivity contribution < 1.29 is 51.4 Å². The van der Waals surface area contributed by atoms with Crippen LogP contribution >= 0.6 is 0 Å². The van der Waals surface area contributed by atoms with Gasteiger partial charge in [0, 0.05) is 0 Å². The molecule has 0 nitrogen and oxygen atoms in total. The Kier molecular flexibility index (Phi) is 9.79. The van der Waals surface area contributed by atoms with Gasteiger partial charge >= 0.3 is 51.4 Å². The van der Waals surface area contributed by atoms with Crippen LogP contribution in [0, 0.1) is 6.92 Å². The molecule has 0 bridgehead atoms. The molecule has 0 unspecified atom stereocenters. The summed E-state index contributed by atoms with van der Waals surface area (Å²) < 4.78 is 0. The van der Waals surface area contributed by atoms with Crippen molar-refractivity contribution in [1.29, 1.82) is 0 Å². The average molecular weight is 264 g/mol. The second kappa shape index (κ2) is 9.82. The van der Waals surface area contributed by atoms with Gasteiger partial charge in [0.15, 0.2) is 0 Å². The van der Waals surface area contributed by atoms with Gasteiger partial charge in [-0.3, -0.25) is 0 Å². The fourth-order valence-corrected chi connectivity index (χ4v) is 1.61. The normalized spacial score (nSPS) is 11.8. The van der Waals surface area contributed by atoms with Crippen LogP contribution in [0.4, 0.5) is 0 Å². The molecule has 1 heteroatoms. The Balaban J connectivity index is 0.000000421. The van der Waals surface area contributed by atoms with Crippen molar-refractivity contribution in [2.75, 3.05) is 0 Å². The van der Waals surface area contributed by atoms with E-state index in [4.69, 9.17) is 0 Å². The van der Waals surface area contributed by atoms with Crippen LogP contribution < -0.4 is 51.4 Å². The molecule has 0 fully saturated rings. The van der Waals surface area contributed by atoms with Gasteiger partial charge in [0.1, 0.15) is 0 Å². The fourth-order valence-electron chi connectivity index (χ4n) is 1.61. The van der Waals surface area contributed by atoms with E-state index in [1.807, 2.05) is 26.0 Å². The molecule has 1 aromatic rings. The number of hydrogen-bond donors (Lipinski definition) is 0. The molecule has 0 amide bonds. The SMILES string of the molecule is C=CC1=Cc2ccccc2CC1.[CH2-]C=C(C)C.[K+]. The first kappa shape index (κ1) is 17.9. The smallest absolute Gasteiger partial charge is 0.245 e. The third kappa shape index (κ3) is 6.21. The van der Waals surface area contributed by atoms with E-state index < -0.39 is 0 Å². The third-order valence-electron chi connectivity index (χ3n) is 2.75. The third-order valence-corrected chi connectivity index (χ3v) is 2.75. The van der Waals surface area contributed by atoms with Crippen molar-refractivity contribution >= 4 is 6.08 Å². The molecule has 0 atom stereocenters. The minimum atomic E-state index is 0. The van der Waals surface area contributed by atoms with Crippen LogP contribution in [0.2, 0.25) is 0 Å². The van der Waals surface area contributed by atoms with Crippen LogP contribution in [0.3, 0.4) is 0 Å². The summed E-state index contributed by atoms with van der Waals surface area (Å²) in [6.45, 7) is 11.4. The van der Waals surface area contributed by atoms with E-state index >= 15 is 0 Å². The minimum absolute atomic E-state index is 0. The van der Waals surface area contributed by atoms with Crippen LogP contribution in [0.1, 0.15) is 31.4 Å². The first-order valence-electron chi connectivity index (χ1n) is 6.01. The summed E-state index contributed by atoms with van der Waals surface area (Å²) in [6.07, 6.45) is 8.32. The van der Waals surface area contributed by atoms with Gasteiger partial charge < -0.3 is 0 Å². The maximum atomic E-state index is 3.79. The Labute approximate surface area is 154 Å². The van der Waals surface area contributed by atoms with Crippen molar-refractivity contribution in [3.63, 3.8) is 0 Å². The number of fused-ring (bicyclic) bond motifs is 1. The van der Waals surface area contributed by atoms with Crippen LogP contribution in [-0.2, 0) is 6.42 Å². The quantitative estimate of drug-likeness (QED) is 0.537. The number of allylic oxidation sites excluding steroid dienone is 4. The van der Waals surface area contributed by atoms with E-state index in [-0.39, 0.29) is 51.4 Å². The molecule has 1 aromatic carbocycles. The first-order valence-corrected chi connectivity index (χ1v) is 6.01. The van der Waals surface area contributed by atoms with E-state index in [0.717, 1.165) is 12.8 Å². The van der Waals surface area contributed by atoms with Crippen LogP contribution in [-0.4, -0.2) is 0 Å². The molecular weight excluding hydrogens is 243 g/mol. The summed E-state index contributed by atoms with van der Waals surface area (Å²) in [5.41, 5.74) is 5.44. The summed E-state index contributed by atoms with van der Waals surface area (Å²) in [7, 11) is 0. The van der Waals surface area contributed by atoms with Crippen LogP contribution in [0.25, 0.3) is 6.08 Å². The van der Waals surface area contributed by atoms with Crippen molar-refractivity contribution in [3.8, 4) is 0 Å². The van der Waals surface area contributed by atoms with Gasteiger partial charge in [-0.1, -0.05) is 43.0 Å². The number of benzene rings is 1. The summed E-state index contributed by atoms with van der Waals surface area (Å²) >= 11 is 0. The van der Waals surface area contributed by atoms with Gasteiger partial charge in [0.05, 0.1) is 0 Å². The Bertz CT molecular complexity index is 435. The molecule has 90 valence electrons. The van der Waals surface area contributed by atoms with E-state index in [2.05, 4.69) is 43.8 Å². The first-order chi connectivity index (χ1) is 8.17. The number of rotatable bonds is 1. The van der Waals surface area contributed by atoms with Crippen molar-refractivity contribution in [2.24, 2.45) is 0 Å². The molecule has 0 saturated heterocycles.